The summed E-state index contributed by atoms with van der Waals surface area (Å²) in [5.74, 6) is 0.616. The van der Waals surface area contributed by atoms with E-state index in [0.29, 0.717) is 31.8 Å². The minimum absolute atomic E-state index is 0.0333. The summed E-state index contributed by atoms with van der Waals surface area (Å²) < 4.78 is 7.46. The number of carbonyl (C=O) groups is 2. The predicted octanol–water partition coefficient (Wildman–Crippen LogP) is 3.15. The molecule has 3 aliphatic heterocycles. The van der Waals surface area contributed by atoms with Crippen molar-refractivity contribution < 1.29 is 14.3 Å². The van der Waals surface area contributed by atoms with Crippen molar-refractivity contribution in [1.29, 1.82) is 0 Å². The Kier molecular flexibility index (Phi) is 5.30. The van der Waals surface area contributed by atoms with Crippen molar-refractivity contribution in [2.75, 3.05) is 35.6 Å². The SMILES string of the molecule is O=C1CSc2ccc(N3C[C@@H](CCNC[C@H]4Cn5c(=O)ccc6cccc4c65)OC3=O)cc2N1. The highest BCUT2D eigenvalue weighted by Gasteiger charge is 2.33. The lowest BCUT2D eigenvalue weighted by molar-refractivity contribution is -0.113. The number of hydrogen-bond acceptors (Lipinski definition) is 6. The monoisotopic (exact) mass is 476 g/mol. The van der Waals surface area contributed by atoms with Crippen LogP contribution in [0.15, 0.2) is 58.2 Å². The van der Waals surface area contributed by atoms with E-state index in [0.717, 1.165) is 33.7 Å². The summed E-state index contributed by atoms with van der Waals surface area (Å²) >= 11 is 1.49. The number of thioether (sulfide) groups is 1. The molecule has 9 heteroatoms. The number of cyclic esters (lactones) is 1. The number of hydrogen-bond donors (Lipinski definition) is 2. The molecule has 6 rings (SSSR count). The number of benzene rings is 2. The van der Waals surface area contributed by atoms with Crippen LogP contribution in [0.1, 0.15) is 17.9 Å². The van der Waals surface area contributed by atoms with Crippen molar-refractivity contribution in [1.82, 2.24) is 9.88 Å². The number of rotatable bonds is 6. The third kappa shape index (κ3) is 3.74. The van der Waals surface area contributed by atoms with Gasteiger partial charge < -0.3 is 19.9 Å². The fraction of sp³-hybridized carbons (Fsp3) is 0.320. The van der Waals surface area contributed by atoms with Gasteiger partial charge in [0, 0.05) is 35.7 Å². The third-order valence-electron chi connectivity index (χ3n) is 6.70. The largest absolute Gasteiger partial charge is 0.444 e. The molecule has 2 atom stereocenters. The zero-order chi connectivity index (χ0) is 23.2. The molecule has 174 valence electrons. The first-order valence-corrected chi connectivity index (χ1v) is 12.4. The number of para-hydroxylation sites is 1. The van der Waals surface area contributed by atoms with Crippen LogP contribution in [-0.4, -0.2) is 48.1 Å². The van der Waals surface area contributed by atoms with Gasteiger partial charge in [-0.2, -0.15) is 0 Å². The maximum Gasteiger partial charge on any atom is 0.414 e. The van der Waals surface area contributed by atoms with Crippen LogP contribution in [0.3, 0.4) is 0 Å². The first-order chi connectivity index (χ1) is 16.6. The average Bonchev–Trinajstić information content (AvgIpc) is 3.40. The molecule has 0 unspecified atom stereocenters. The lowest BCUT2D eigenvalue weighted by Gasteiger charge is -2.20. The van der Waals surface area contributed by atoms with Crippen LogP contribution in [0.2, 0.25) is 0 Å². The summed E-state index contributed by atoms with van der Waals surface area (Å²) in [5, 5.41) is 7.45. The minimum Gasteiger partial charge on any atom is -0.444 e. The van der Waals surface area contributed by atoms with Crippen molar-refractivity contribution in [2.45, 2.75) is 29.9 Å². The molecule has 0 radical (unpaired) electrons. The van der Waals surface area contributed by atoms with Gasteiger partial charge in [0.15, 0.2) is 0 Å². The second-order valence-corrected chi connectivity index (χ2v) is 9.91. The number of pyridine rings is 1. The third-order valence-corrected chi connectivity index (χ3v) is 7.77. The number of nitrogens with zero attached hydrogens (tertiary/aromatic N) is 2. The Morgan fingerprint density at radius 2 is 2.00 bits per heavy atom. The minimum atomic E-state index is -0.364. The Morgan fingerprint density at radius 3 is 2.91 bits per heavy atom. The van der Waals surface area contributed by atoms with Crippen LogP contribution in [-0.2, 0) is 16.1 Å². The summed E-state index contributed by atoms with van der Waals surface area (Å²) in [6.07, 6.45) is 0.132. The molecule has 1 aromatic heterocycles. The number of ether oxygens (including phenoxy) is 1. The van der Waals surface area contributed by atoms with Gasteiger partial charge in [-0.15, -0.1) is 11.8 Å². The van der Waals surface area contributed by atoms with E-state index < -0.39 is 0 Å². The summed E-state index contributed by atoms with van der Waals surface area (Å²) in [4.78, 5) is 39.1. The normalized spacial score (nSPS) is 21.0. The van der Waals surface area contributed by atoms with E-state index in [-0.39, 0.29) is 29.6 Å². The molecule has 1 fully saturated rings. The molecule has 0 saturated carbocycles. The Balaban J connectivity index is 1.05. The Bertz CT molecular complexity index is 1370. The Hall–Kier alpha value is -3.30. The Morgan fingerprint density at radius 1 is 1.09 bits per heavy atom. The van der Waals surface area contributed by atoms with E-state index in [1.54, 1.807) is 11.0 Å². The van der Waals surface area contributed by atoms with E-state index in [2.05, 4.69) is 16.7 Å². The standard InChI is InChI=1S/C25H24N4O4S/c30-22-14-34-21-6-5-17(10-20(21)27-22)28-13-18(33-25(28)32)8-9-26-11-16-12-29-23(31)7-4-15-2-1-3-19(16)24(15)29/h1-7,10,16,18,26H,8-9,11-14H2,(H,27,30)/t16-,18+/m0/s1. The van der Waals surface area contributed by atoms with Crippen LogP contribution >= 0.6 is 11.8 Å². The smallest absolute Gasteiger partial charge is 0.414 e. The highest BCUT2D eigenvalue weighted by atomic mass is 32.2. The Labute approximate surface area is 200 Å². The van der Waals surface area contributed by atoms with Crippen molar-refractivity contribution >= 4 is 46.0 Å². The van der Waals surface area contributed by atoms with E-state index in [9.17, 15) is 14.4 Å². The van der Waals surface area contributed by atoms with E-state index in [4.69, 9.17) is 4.74 Å². The fourth-order valence-corrected chi connectivity index (χ4v) is 5.84. The van der Waals surface area contributed by atoms with Crippen molar-refractivity contribution in [3.8, 4) is 0 Å². The lowest BCUT2D eigenvalue weighted by atomic mass is 10.00. The molecule has 2 amide bonds. The molecule has 1 saturated heterocycles. The van der Waals surface area contributed by atoms with Crippen LogP contribution in [0, 0.1) is 0 Å². The molecular formula is C25H24N4O4S. The summed E-state index contributed by atoms with van der Waals surface area (Å²) in [6.45, 7) is 2.62. The number of aromatic nitrogens is 1. The highest BCUT2D eigenvalue weighted by Crippen LogP contribution is 2.36. The number of anilines is 2. The van der Waals surface area contributed by atoms with Gasteiger partial charge in [-0.1, -0.05) is 18.2 Å². The molecular weight excluding hydrogens is 452 g/mol. The zero-order valence-corrected chi connectivity index (χ0v) is 19.3. The van der Waals surface area contributed by atoms with E-state index >= 15 is 0 Å². The molecule has 3 aliphatic rings. The first-order valence-electron chi connectivity index (χ1n) is 11.4. The second kappa shape index (κ2) is 8.48. The van der Waals surface area contributed by atoms with Crippen LogP contribution < -0.4 is 21.1 Å². The molecule has 34 heavy (non-hydrogen) atoms. The van der Waals surface area contributed by atoms with Crippen LogP contribution in [0.4, 0.5) is 16.2 Å². The topological polar surface area (TPSA) is 92.7 Å². The van der Waals surface area contributed by atoms with Crippen molar-refractivity contribution in [3.05, 3.63) is 64.4 Å². The van der Waals surface area contributed by atoms with Crippen LogP contribution in [0.25, 0.3) is 10.9 Å². The first kappa shape index (κ1) is 21.2. The molecule has 0 aliphatic carbocycles. The highest BCUT2D eigenvalue weighted by molar-refractivity contribution is 8.00. The molecule has 0 bridgehead atoms. The maximum atomic E-state index is 12.5. The van der Waals surface area contributed by atoms with Crippen molar-refractivity contribution in [2.24, 2.45) is 0 Å². The summed E-state index contributed by atoms with van der Waals surface area (Å²) in [6, 6.07) is 15.4. The van der Waals surface area contributed by atoms with Crippen molar-refractivity contribution in [3.63, 3.8) is 0 Å². The quantitative estimate of drug-likeness (QED) is 0.531. The zero-order valence-electron chi connectivity index (χ0n) is 18.5. The van der Waals surface area contributed by atoms with Gasteiger partial charge >= 0.3 is 6.09 Å². The summed E-state index contributed by atoms with van der Waals surface area (Å²) in [7, 11) is 0. The van der Waals surface area contributed by atoms with Gasteiger partial charge in [-0.25, -0.2) is 4.79 Å². The van der Waals surface area contributed by atoms with Gasteiger partial charge in [0.2, 0.25) is 5.91 Å². The average molecular weight is 477 g/mol. The van der Waals surface area contributed by atoms with Gasteiger partial charge in [0.1, 0.15) is 6.10 Å². The maximum absolute atomic E-state index is 12.5. The fourth-order valence-electron chi connectivity index (χ4n) is 5.05. The summed E-state index contributed by atoms with van der Waals surface area (Å²) in [5.41, 5.74) is 3.76. The lowest BCUT2D eigenvalue weighted by Crippen LogP contribution is -2.28. The van der Waals surface area contributed by atoms with Gasteiger partial charge in [-0.3, -0.25) is 14.5 Å². The second-order valence-electron chi connectivity index (χ2n) is 8.89. The number of carbonyl (C=O) groups excluding carboxylic acids is 2. The molecule has 8 nitrogen and oxygen atoms in total. The molecule has 3 aromatic rings. The van der Waals surface area contributed by atoms with Gasteiger partial charge in [0.25, 0.3) is 5.56 Å². The van der Waals surface area contributed by atoms with Crippen LogP contribution in [0.5, 0.6) is 0 Å². The molecule has 4 heterocycles. The number of nitrogens with one attached hydrogen (secondary N) is 2. The molecule has 2 N–H and O–H groups in total. The number of fused-ring (bicyclic) bond motifs is 1. The van der Waals surface area contributed by atoms with Gasteiger partial charge in [0.05, 0.1) is 23.5 Å². The number of amides is 2. The molecule has 2 aromatic carbocycles. The van der Waals surface area contributed by atoms with E-state index in [1.165, 1.54) is 17.3 Å². The van der Waals surface area contributed by atoms with E-state index in [1.807, 2.05) is 41.0 Å². The predicted molar refractivity (Wildman–Crippen MR) is 132 cm³/mol. The molecule has 0 spiro atoms. The van der Waals surface area contributed by atoms with Gasteiger partial charge in [-0.05, 0) is 48.2 Å².